The fourth-order valence-corrected chi connectivity index (χ4v) is 4.74. The third kappa shape index (κ3) is 2.51. The van der Waals surface area contributed by atoms with E-state index in [0.717, 1.165) is 20.3 Å². The minimum atomic E-state index is -0.989. The van der Waals surface area contributed by atoms with E-state index in [1.807, 2.05) is 0 Å². The van der Waals surface area contributed by atoms with Crippen molar-refractivity contribution < 1.29 is 10.4 Å². The van der Waals surface area contributed by atoms with Crippen LogP contribution in [-0.2, 0) is 10.4 Å². The Morgan fingerprint density at radius 2 is 1.00 bits per heavy atom. The Kier molecular flexibility index (Phi) is 4.64. The molecule has 27 heavy (non-hydrogen) atoms. The van der Waals surface area contributed by atoms with Gasteiger partial charge in [-0.25, -0.2) is 0 Å². The molecule has 2 radical (unpaired) electrons. The first-order chi connectivity index (χ1) is 12.1. The smallest absolute Gasteiger partial charge is 0.115 e. The van der Waals surface area contributed by atoms with Gasteiger partial charge in [0.2, 0.25) is 0 Å². The van der Waals surface area contributed by atoms with Gasteiger partial charge in [0.05, 0.1) is 11.1 Å². The molecule has 3 heterocycles. The number of nitrogens with zero attached hydrogens (tertiary/aromatic N) is 4. The van der Waals surface area contributed by atoms with E-state index < -0.39 is 34.5 Å². The molecule has 0 atom stereocenters. The Morgan fingerprint density at radius 1 is 0.704 bits per heavy atom. The van der Waals surface area contributed by atoms with Crippen molar-refractivity contribution in [2.24, 2.45) is 0 Å². The van der Waals surface area contributed by atoms with E-state index in [1.165, 1.54) is 11.3 Å². The Labute approximate surface area is 164 Å². The van der Waals surface area contributed by atoms with Gasteiger partial charge in [-0.1, -0.05) is 0 Å². The number of hydroxylamine groups is 8. The maximum atomic E-state index is 12.9. The Balaban J connectivity index is 1.97. The van der Waals surface area contributed by atoms with Crippen molar-refractivity contribution in [2.75, 3.05) is 0 Å². The lowest BCUT2D eigenvalue weighted by Crippen LogP contribution is -2.51. The molecule has 0 unspecified atom stereocenters. The minimum Gasteiger partial charge on any atom is -0.783 e. The van der Waals surface area contributed by atoms with E-state index in [9.17, 15) is 20.8 Å². The SMILES string of the molecule is CC1(C)N([O])C(c2ccc(C3N([O])C(C)(C)C(C)(C)N3[O-])s2)N([O-])C1(C)C. The van der Waals surface area contributed by atoms with Crippen LogP contribution in [0.4, 0.5) is 0 Å². The first kappa shape index (κ1) is 21.1. The minimum absolute atomic E-state index is 0.540. The van der Waals surface area contributed by atoms with E-state index in [0.29, 0.717) is 9.75 Å². The highest BCUT2D eigenvalue weighted by molar-refractivity contribution is 7.12. The second kappa shape index (κ2) is 5.94. The van der Waals surface area contributed by atoms with Gasteiger partial charge in [0.15, 0.2) is 0 Å². The normalized spacial score (nSPS) is 33.8. The molecule has 0 bridgehead atoms. The Morgan fingerprint density at radius 3 is 1.22 bits per heavy atom. The van der Waals surface area contributed by atoms with E-state index in [-0.39, 0.29) is 0 Å². The molecule has 2 fully saturated rings. The van der Waals surface area contributed by atoms with Crippen LogP contribution in [0.5, 0.6) is 0 Å². The molecule has 9 heteroatoms. The van der Waals surface area contributed by atoms with Crippen LogP contribution in [0.3, 0.4) is 0 Å². The highest BCUT2D eigenvalue weighted by Gasteiger charge is 2.57. The lowest BCUT2D eigenvalue weighted by Gasteiger charge is -2.44. The zero-order valence-corrected chi connectivity index (χ0v) is 18.0. The molecule has 2 saturated heterocycles. The van der Waals surface area contributed by atoms with Crippen molar-refractivity contribution in [3.05, 3.63) is 32.3 Å². The van der Waals surface area contributed by atoms with Crippen molar-refractivity contribution in [3.8, 4) is 0 Å². The van der Waals surface area contributed by atoms with Gasteiger partial charge >= 0.3 is 0 Å². The molecule has 0 aliphatic carbocycles. The predicted molar refractivity (Wildman–Crippen MR) is 102 cm³/mol. The highest BCUT2D eigenvalue weighted by Crippen LogP contribution is 2.52. The van der Waals surface area contributed by atoms with Gasteiger partial charge in [-0.15, -0.1) is 31.9 Å². The van der Waals surface area contributed by atoms with Crippen LogP contribution in [-0.4, -0.2) is 42.4 Å². The van der Waals surface area contributed by atoms with Gasteiger partial charge in [-0.3, -0.25) is 0 Å². The number of rotatable bonds is 2. The average molecular weight is 397 g/mol. The topological polar surface area (TPSA) is 98.9 Å². The molecule has 0 amide bonds. The van der Waals surface area contributed by atoms with Crippen LogP contribution in [0.15, 0.2) is 12.1 Å². The van der Waals surface area contributed by atoms with Gasteiger partial charge in [0, 0.05) is 20.8 Å². The van der Waals surface area contributed by atoms with Crippen LogP contribution in [0.1, 0.15) is 77.5 Å². The molecule has 0 aromatic carbocycles. The highest BCUT2D eigenvalue weighted by atomic mass is 32.1. The zero-order chi connectivity index (χ0) is 20.7. The van der Waals surface area contributed by atoms with Crippen molar-refractivity contribution in [2.45, 2.75) is 89.9 Å². The summed E-state index contributed by atoms with van der Waals surface area (Å²) < 4.78 is 0. The molecule has 1 aromatic rings. The van der Waals surface area contributed by atoms with Crippen molar-refractivity contribution in [3.63, 3.8) is 0 Å². The molecule has 2 aliphatic rings. The lowest BCUT2D eigenvalue weighted by molar-refractivity contribution is -0.231. The molecule has 3 rings (SSSR count). The molecule has 8 nitrogen and oxygen atoms in total. The zero-order valence-electron chi connectivity index (χ0n) is 17.1. The summed E-state index contributed by atoms with van der Waals surface area (Å²) in [4.78, 5) is 1.08. The van der Waals surface area contributed by atoms with Gasteiger partial charge in [-0.05, 0) is 67.5 Å². The first-order valence-electron chi connectivity index (χ1n) is 9.05. The third-order valence-corrected chi connectivity index (χ3v) is 8.41. The maximum Gasteiger partial charge on any atom is 0.115 e. The first-order valence-corrected chi connectivity index (χ1v) is 9.87. The fraction of sp³-hybridized carbons (Fsp3) is 0.778. The van der Waals surface area contributed by atoms with Crippen LogP contribution >= 0.6 is 11.3 Å². The van der Waals surface area contributed by atoms with Crippen LogP contribution < -0.4 is 0 Å². The molecular weight excluding hydrogens is 368 g/mol. The summed E-state index contributed by atoms with van der Waals surface area (Å²) in [5.41, 5.74) is -3.52. The molecule has 0 saturated carbocycles. The van der Waals surface area contributed by atoms with Crippen LogP contribution in [0.25, 0.3) is 0 Å². The summed E-state index contributed by atoms with van der Waals surface area (Å²) in [7, 11) is 0. The predicted octanol–water partition coefficient (Wildman–Crippen LogP) is 3.78. The Bertz CT molecular complexity index is 634. The fourth-order valence-electron chi connectivity index (χ4n) is 3.60. The molecule has 0 N–H and O–H groups in total. The summed E-state index contributed by atoms with van der Waals surface area (Å²) >= 11 is 1.18. The summed E-state index contributed by atoms with van der Waals surface area (Å²) in [6, 6.07) is 3.36. The Hall–Kier alpha value is -0.620. The van der Waals surface area contributed by atoms with Crippen molar-refractivity contribution >= 4 is 11.3 Å². The average Bonchev–Trinajstić information content (AvgIpc) is 3.09. The van der Waals surface area contributed by atoms with Crippen LogP contribution in [0.2, 0.25) is 0 Å². The van der Waals surface area contributed by atoms with E-state index >= 15 is 0 Å². The van der Waals surface area contributed by atoms with Gasteiger partial charge < -0.3 is 20.5 Å². The number of hydrogen-bond acceptors (Lipinski definition) is 7. The molecule has 0 spiro atoms. The van der Waals surface area contributed by atoms with E-state index in [4.69, 9.17) is 0 Å². The van der Waals surface area contributed by atoms with Crippen molar-refractivity contribution in [1.29, 1.82) is 0 Å². The summed E-state index contributed by atoms with van der Waals surface area (Å²) in [6.45, 7) is 14.0. The number of thiophene rings is 1. The third-order valence-electron chi connectivity index (χ3n) is 7.24. The van der Waals surface area contributed by atoms with E-state index in [2.05, 4.69) is 0 Å². The molecule has 152 valence electrons. The van der Waals surface area contributed by atoms with Crippen LogP contribution in [0, 0.1) is 10.4 Å². The van der Waals surface area contributed by atoms with Gasteiger partial charge in [0.25, 0.3) is 0 Å². The second-order valence-corrected chi connectivity index (χ2v) is 10.7. The van der Waals surface area contributed by atoms with E-state index in [1.54, 1.807) is 67.5 Å². The quantitative estimate of drug-likeness (QED) is 0.754. The number of hydrogen-bond donors (Lipinski definition) is 0. The molecular formula is C18H28N4O4S-2. The summed E-state index contributed by atoms with van der Waals surface area (Å²) in [5.74, 6) is 0. The standard InChI is InChI=1S/C18H28N4O4S/c1-15(2)16(3,4)20(24)13(19(15)23)11-9-10-12(27-11)14-21(25)17(5,6)18(7,8)22(14)26/h9-10,13-14H,1-8H3/q-2. The summed E-state index contributed by atoms with van der Waals surface area (Å²) in [6.07, 6.45) is -1.98. The lowest BCUT2D eigenvalue weighted by atomic mass is 9.84. The molecule has 2 aliphatic heterocycles. The largest absolute Gasteiger partial charge is 0.783 e. The molecule has 1 aromatic heterocycles. The summed E-state index contributed by atoms with van der Waals surface area (Å²) in [5, 5.41) is 54.7. The van der Waals surface area contributed by atoms with Gasteiger partial charge in [0.1, 0.15) is 12.3 Å². The van der Waals surface area contributed by atoms with Crippen molar-refractivity contribution in [1.82, 2.24) is 20.3 Å². The maximum absolute atomic E-state index is 12.9. The van der Waals surface area contributed by atoms with Gasteiger partial charge in [-0.2, -0.15) is 0 Å². The monoisotopic (exact) mass is 396 g/mol. The second-order valence-electron chi connectivity index (χ2n) is 9.53.